The van der Waals surface area contributed by atoms with Gasteiger partial charge in [0, 0.05) is 11.9 Å². The fourth-order valence-electron chi connectivity index (χ4n) is 3.23. The van der Waals surface area contributed by atoms with Gasteiger partial charge in [0.05, 0.1) is 5.39 Å². The van der Waals surface area contributed by atoms with Crippen LogP contribution in [0.3, 0.4) is 0 Å². The molecule has 0 saturated carbocycles. The van der Waals surface area contributed by atoms with Crippen LogP contribution >= 0.6 is 23.1 Å². The Morgan fingerprint density at radius 1 is 1.32 bits per heavy atom. The molecule has 0 aliphatic heterocycles. The molecule has 2 heterocycles. The van der Waals surface area contributed by atoms with Crippen LogP contribution < -0.4 is 11.3 Å². The van der Waals surface area contributed by atoms with Crippen LogP contribution in [-0.4, -0.2) is 15.5 Å². The Kier molecular flexibility index (Phi) is 4.13. The van der Waals surface area contributed by atoms with E-state index in [4.69, 9.17) is 5.73 Å². The lowest BCUT2D eigenvalue weighted by atomic mass is 10.1. The SMILES string of the molecule is Cn1c(S[C@H](C(N)=O)c2ccccc2)nc2sc3c(c2c1=O)CCC3. The third kappa shape index (κ3) is 2.77. The number of aromatic nitrogens is 2. The highest BCUT2D eigenvalue weighted by molar-refractivity contribution is 8.00. The molecule has 1 aliphatic carbocycles. The molecule has 0 unspecified atom stereocenters. The maximum atomic E-state index is 12.9. The summed E-state index contributed by atoms with van der Waals surface area (Å²) < 4.78 is 1.54. The van der Waals surface area contributed by atoms with Crippen LogP contribution in [0.4, 0.5) is 0 Å². The van der Waals surface area contributed by atoms with E-state index in [0.717, 1.165) is 35.0 Å². The number of carbonyl (C=O) groups is 1. The van der Waals surface area contributed by atoms with Gasteiger partial charge in [-0.1, -0.05) is 42.1 Å². The number of hydrogen-bond donors (Lipinski definition) is 1. The zero-order valence-electron chi connectivity index (χ0n) is 13.7. The molecule has 25 heavy (non-hydrogen) atoms. The number of thiophene rings is 1. The molecule has 7 heteroatoms. The molecule has 2 aromatic heterocycles. The maximum absolute atomic E-state index is 12.9. The zero-order chi connectivity index (χ0) is 17.6. The lowest BCUT2D eigenvalue weighted by Gasteiger charge is -2.15. The Balaban J connectivity index is 1.80. The summed E-state index contributed by atoms with van der Waals surface area (Å²) in [5, 5.41) is 0.688. The van der Waals surface area contributed by atoms with E-state index >= 15 is 0 Å². The smallest absolute Gasteiger partial charge is 0.262 e. The van der Waals surface area contributed by atoms with Crippen molar-refractivity contribution in [1.82, 2.24) is 9.55 Å². The molecule has 1 aromatic carbocycles. The van der Waals surface area contributed by atoms with Gasteiger partial charge in [-0.3, -0.25) is 14.2 Å². The summed E-state index contributed by atoms with van der Waals surface area (Å²) in [4.78, 5) is 31.6. The summed E-state index contributed by atoms with van der Waals surface area (Å²) in [6, 6.07) is 9.34. The van der Waals surface area contributed by atoms with Crippen LogP contribution in [0, 0.1) is 0 Å². The topological polar surface area (TPSA) is 78.0 Å². The van der Waals surface area contributed by atoms with Gasteiger partial charge >= 0.3 is 0 Å². The fourth-order valence-corrected chi connectivity index (χ4v) is 5.55. The average molecular weight is 371 g/mol. The molecule has 0 radical (unpaired) electrons. The normalized spacial score (nSPS) is 14.6. The number of benzene rings is 1. The van der Waals surface area contributed by atoms with Crippen LogP contribution in [0.15, 0.2) is 40.3 Å². The molecule has 0 saturated heterocycles. The number of amides is 1. The summed E-state index contributed by atoms with van der Waals surface area (Å²) in [6.07, 6.45) is 3.08. The summed E-state index contributed by atoms with van der Waals surface area (Å²) in [5.74, 6) is -0.445. The van der Waals surface area contributed by atoms with E-state index in [2.05, 4.69) is 4.98 Å². The van der Waals surface area contributed by atoms with Gasteiger partial charge in [-0.05, 0) is 30.4 Å². The van der Waals surface area contributed by atoms with Gasteiger partial charge in [0.1, 0.15) is 10.1 Å². The predicted molar refractivity (Wildman–Crippen MR) is 101 cm³/mol. The first kappa shape index (κ1) is 16.4. The van der Waals surface area contributed by atoms with Crippen molar-refractivity contribution in [2.45, 2.75) is 29.7 Å². The number of nitrogens with two attached hydrogens (primary N) is 1. The van der Waals surface area contributed by atoms with E-state index in [1.807, 2.05) is 30.3 Å². The van der Waals surface area contributed by atoms with Crippen molar-refractivity contribution in [3.63, 3.8) is 0 Å². The van der Waals surface area contributed by atoms with Crippen molar-refractivity contribution in [2.24, 2.45) is 12.8 Å². The number of hydrogen-bond acceptors (Lipinski definition) is 5. The molecule has 0 spiro atoms. The molecular formula is C18H17N3O2S2. The van der Waals surface area contributed by atoms with E-state index < -0.39 is 11.2 Å². The highest BCUT2D eigenvalue weighted by Crippen LogP contribution is 2.38. The zero-order valence-corrected chi connectivity index (χ0v) is 15.3. The highest BCUT2D eigenvalue weighted by atomic mass is 32.2. The van der Waals surface area contributed by atoms with Gasteiger partial charge in [-0.2, -0.15) is 0 Å². The minimum atomic E-state index is -0.580. The molecular weight excluding hydrogens is 354 g/mol. The number of primary amides is 1. The maximum Gasteiger partial charge on any atom is 0.262 e. The van der Waals surface area contributed by atoms with Crippen molar-refractivity contribution in [1.29, 1.82) is 0 Å². The van der Waals surface area contributed by atoms with E-state index in [1.165, 1.54) is 26.8 Å². The lowest BCUT2D eigenvalue weighted by Crippen LogP contribution is -2.23. The first-order chi connectivity index (χ1) is 12.1. The van der Waals surface area contributed by atoms with Crippen LogP contribution in [0.25, 0.3) is 10.2 Å². The van der Waals surface area contributed by atoms with Crippen molar-refractivity contribution in [3.05, 3.63) is 56.7 Å². The van der Waals surface area contributed by atoms with Crippen molar-refractivity contribution < 1.29 is 4.79 Å². The minimum absolute atomic E-state index is 0.0387. The number of thioether (sulfide) groups is 1. The van der Waals surface area contributed by atoms with Gasteiger partial charge in [0.15, 0.2) is 5.16 Å². The first-order valence-corrected chi connectivity index (χ1v) is 9.78. The number of fused-ring (bicyclic) bond motifs is 3. The molecule has 2 N–H and O–H groups in total. The van der Waals surface area contributed by atoms with Crippen LogP contribution in [0.1, 0.15) is 27.7 Å². The molecule has 0 bridgehead atoms. The largest absolute Gasteiger partial charge is 0.368 e. The summed E-state index contributed by atoms with van der Waals surface area (Å²) in [6.45, 7) is 0. The second kappa shape index (κ2) is 6.31. The Labute approximate surface area is 152 Å². The van der Waals surface area contributed by atoms with E-state index in [-0.39, 0.29) is 5.56 Å². The molecule has 3 aromatic rings. The van der Waals surface area contributed by atoms with E-state index in [9.17, 15) is 9.59 Å². The Morgan fingerprint density at radius 3 is 2.80 bits per heavy atom. The lowest BCUT2D eigenvalue weighted by molar-refractivity contribution is -0.117. The quantitative estimate of drug-likeness (QED) is 0.565. The van der Waals surface area contributed by atoms with Gasteiger partial charge in [0.2, 0.25) is 5.91 Å². The van der Waals surface area contributed by atoms with Gasteiger partial charge < -0.3 is 5.73 Å². The monoisotopic (exact) mass is 371 g/mol. The Bertz CT molecular complexity index is 1020. The molecule has 4 rings (SSSR count). The predicted octanol–water partition coefficient (Wildman–Crippen LogP) is 2.80. The second-order valence-electron chi connectivity index (χ2n) is 6.11. The van der Waals surface area contributed by atoms with E-state index in [1.54, 1.807) is 18.4 Å². The number of aryl methyl sites for hydroxylation is 2. The standard InChI is InChI=1S/C18H17N3O2S2/c1-21-17(23)13-11-8-5-9-12(11)24-16(13)20-18(21)25-14(15(19)22)10-6-3-2-4-7-10/h2-4,6-7,14H,5,8-9H2,1H3,(H2,19,22)/t14-/m0/s1. The van der Waals surface area contributed by atoms with Crippen molar-refractivity contribution in [3.8, 4) is 0 Å². The molecule has 128 valence electrons. The van der Waals surface area contributed by atoms with Crippen LogP contribution in [-0.2, 0) is 24.7 Å². The second-order valence-corrected chi connectivity index (χ2v) is 8.26. The van der Waals surface area contributed by atoms with Crippen LogP contribution in [0.5, 0.6) is 0 Å². The number of nitrogens with zero attached hydrogens (tertiary/aromatic N) is 2. The minimum Gasteiger partial charge on any atom is -0.368 e. The van der Waals surface area contributed by atoms with Gasteiger partial charge in [0.25, 0.3) is 5.56 Å². The molecule has 1 atom stereocenters. The number of rotatable bonds is 4. The third-order valence-corrected chi connectivity index (χ3v) is 6.99. The summed E-state index contributed by atoms with van der Waals surface area (Å²) in [7, 11) is 1.71. The van der Waals surface area contributed by atoms with Gasteiger partial charge in [-0.25, -0.2) is 4.98 Å². The Hall–Kier alpha value is -2.12. The van der Waals surface area contributed by atoms with E-state index in [0.29, 0.717) is 5.16 Å². The Morgan fingerprint density at radius 2 is 2.08 bits per heavy atom. The molecule has 0 fully saturated rings. The first-order valence-electron chi connectivity index (χ1n) is 8.08. The van der Waals surface area contributed by atoms with Crippen molar-refractivity contribution >= 4 is 39.2 Å². The molecule has 1 aliphatic rings. The summed E-state index contributed by atoms with van der Waals surface area (Å²) in [5.41, 5.74) is 7.54. The highest BCUT2D eigenvalue weighted by Gasteiger charge is 2.25. The van der Waals surface area contributed by atoms with Crippen LogP contribution in [0.2, 0.25) is 0 Å². The van der Waals surface area contributed by atoms with Crippen molar-refractivity contribution in [2.75, 3.05) is 0 Å². The fraction of sp³-hybridized carbons (Fsp3) is 0.278. The molecule has 5 nitrogen and oxygen atoms in total. The molecule has 1 amide bonds. The summed E-state index contributed by atoms with van der Waals surface area (Å²) >= 11 is 2.83. The van der Waals surface area contributed by atoms with Gasteiger partial charge in [-0.15, -0.1) is 11.3 Å². The third-order valence-electron chi connectivity index (χ3n) is 4.49. The number of carbonyl (C=O) groups excluding carboxylic acids is 1. The average Bonchev–Trinajstić information content (AvgIpc) is 3.17.